The molecule has 1 aromatic rings. The lowest BCUT2D eigenvalue weighted by Gasteiger charge is -2.34. The SMILES string of the molecule is COc1ccccc1COC[C@H](O)CN1CCC[C@H](C(F)(F)F)C1. The summed E-state index contributed by atoms with van der Waals surface area (Å²) in [6, 6.07) is 7.40. The molecule has 0 spiro atoms. The van der Waals surface area contributed by atoms with E-state index < -0.39 is 18.2 Å². The largest absolute Gasteiger partial charge is 0.496 e. The van der Waals surface area contributed by atoms with Crippen LogP contribution in [0.2, 0.25) is 0 Å². The lowest BCUT2D eigenvalue weighted by Crippen LogP contribution is -2.45. The highest BCUT2D eigenvalue weighted by atomic mass is 19.4. The van der Waals surface area contributed by atoms with Crippen molar-refractivity contribution < 1.29 is 27.8 Å². The summed E-state index contributed by atoms with van der Waals surface area (Å²) < 4.78 is 49.1. The van der Waals surface area contributed by atoms with Crippen molar-refractivity contribution in [2.24, 2.45) is 5.92 Å². The first-order valence-corrected chi connectivity index (χ1v) is 8.07. The minimum atomic E-state index is -4.16. The van der Waals surface area contributed by atoms with Crippen LogP contribution in [0.5, 0.6) is 5.75 Å². The third kappa shape index (κ3) is 5.65. The van der Waals surface area contributed by atoms with Crippen molar-refractivity contribution in [2.45, 2.75) is 31.7 Å². The van der Waals surface area contributed by atoms with Gasteiger partial charge in [0.2, 0.25) is 0 Å². The van der Waals surface area contributed by atoms with Crippen LogP contribution in [-0.2, 0) is 11.3 Å². The van der Waals surface area contributed by atoms with Gasteiger partial charge >= 0.3 is 6.18 Å². The van der Waals surface area contributed by atoms with E-state index in [2.05, 4.69) is 0 Å². The summed E-state index contributed by atoms with van der Waals surface area (Å²) in [5.41, 5.74) is 0.863. The molecule has 2 rings (SSSR count). The van der Waals surface area contributed by atoms with E-state index in [1.807, 2.05) is 24.3 Å². The molecule has 1 aliphatic heterocycles. The third-order valence-corrected chi connectivity index (χ3v) is 4.20. The normalized spacial score (nSPS) is 20.8. The molecule has 0 amide bonds. The smallest absolute Gasteiger partial charge is 0.393 e. The highest BCUT2D eigenvalue weighted by molar-refractivity contribution is 5.32. The molecule has 136 valence electrons. The van der Waals surface area contributed by atoms with Crippen molar-refractivity contribution in [3.63, 3.8) is 0 Å². The van der Waals surface area contributed by atoms with Crippen LogP contribution in [0.15, 0.2) is 24.3 Å². The Bertz CT molecular complexity index is 510. The van der Waals surface area contributed by atoms with Crippen LogP contribution in [0.3, 0.4) is 0 Å². The standard InChI is InChI=1S/C17H24F3NO3/c1-23-16-7-3-2-5-13(16)11-24-12-15(22)10-21-8-4-6-14(9-21)17(18,19)20/h2-3,5,7,14-15,22H,4,6,8-12H2,1H3/t14-,15+/m0/s1. The number of aliphatic hydroxyl groups excluding tert-OH is 1. The molecule has 1 fully saturated rings. The molecule has 1 saturated heterocycles. The number of likely N-dealkylation sites (tertiary alicyclic amines) is 1. The van der Waals surface area contributed by atoms with Crippen molar-refractivity contribution in [3.8, 4) is 5.75 Å². The molecule has 0 saturated carbocycles. The van der Waals surface area contributed by atoms with E-state index in [1.54, 1.807) is 12.0 Å². The minimum Gasteiger partial charge on any atom is -0.496 e. The Labute approximate surface area is 140 Å². The Balaban J connectivity index is 1.74. The van der Waals surface area contributed by atoms with Gasteiger partial charge in [0.25, 0.3) is 0 Å². The van der Waals surface area contributed by atoms with Crippen LogP contribution >= 0.6 is 0 Å². The van der Waals surface area contributed by atoms with Crippen LogP contribution in [0.1, 0.15) is 18.4 Å². The molecule has 1 N–H and O–H groups in total. The number of ether oxygens (including phenoxy) is 2. The third-order valence-electron chi connectivity index (χ3n) is 4.20. The summed E-state index contributed by atoms with van der Waals surface area (Å²) in [4.78, 5) is 1.67. The molecular weight excluding hydrogens is 323 g/mol. The zero-order valence-electron chi connectivity index (χ0n) is 13.8. The lowest BCUT2D eigenvalue weighted by molar-refractivity contribution is -0.187. The van der Waals surface area contributed by atoms with Gasteiger partial charge in [0.05, 0.1) is 32.3 Å². The Morgan fingerprint density at radius 3 is 2.79 bits per heavy atom. The van der Waals surface area contributed by atoms with Gasteiger partial charge in [0, 0.05) is 18.7 Å². The first kappa shape index (κ1) is 19.0. The average Bonchev–Trinajstić information content (AvgIpc) is 2.55. The molecule has 0 aliphatic carbocycles. The molecule has 0 bridgehead atoms. The molecule has 4 nitrogen and oxygen atoms in total. The fourth-order valence-electron chi connectivity index (χ4n) is 2.97. The van der Waals surface area contributed by atoms with Crippen molar-refractivity contribution in [3.05, 3.63) is 29.8 Å². The predicted molar refractivity (Wildman–Crippen MR) is 83.9 cm³/mol. The van der Waals surface area contributed by atoms with Gasteiger partial charge in [-0.3, -0.25) is 0 Å². The number of halogens is 3. The van der Waals surface area contributed by atoms with Gasteiger partial charge in [0.15, 0.2) is 0 Å². The number of para-hydroxylation sites is 1. The number of nitrogens with zero attached hydrogens (tertiary/aromatic N) is 1. The fraction of sp³-hybridized carbons (Fsp3) is 0.647. The molecular formula is C17H24F3NO3. The van der Waals surface area contributed by atoms with E-state index in [0.717, 1.165) is 5.56 Å². The maximum absolute atomic E-state index is 12.8. The molecule has 1 aliphatic rings. The molecule has 2 atom stereocenters. The van der Waals surface area contributed by atoms with Crippen LogP contribution in [-0.4, -0.2) is 55.6 Å². The number of hydrogen-bond acceptors (Lipinski definition) is 4. The van der Waals surface area contributed by atoms with Crippen molar-refractivity contribution in [2.75, 3.05) is 33.4 Å². The predicted octanol–water partition coefficient (Wildman–Crippen LogP) is 2.85. The van der Waals surface area contributed by atoms with Gasteiger partial charge in [0.1, 0.15) is 5.75 Å². The van der Waals surface area contributed by atoms with Gasteiger partial charge in [-0.15, -0.1) is 0 Å². The van der Waals surface area contributed by atoms with Gasteiger partial charge in [-0.25, -0.2) is 0 Å². The van der Waals surface area contributed by atoms with Crippen molar-refractivity contribution >= 4 is 0 Å². The Morgan fingerprint density at radius 1 is 1.33 bits per heavy atom. The molecule has 0 aromatic heterocycles. The number of β-amino-alcohol motifs (C(OH)–C–C–N with tert-alkyl or cyclic N) is 1. The second-order valence-electron chi connectivity index (χ2n) is 6.12. The van der Waals surface area contributed by atoms with Crippen LogP contribution in [0.4, 0.5) is 13.2 Å². The number of alkyl halides is 3. The first-order valence-electron chi connectivity index (χ1n) is 8.07. The summed E-state index contributed by atoms with van der Waals surface area (Å²) in [6.07, 6.45) is -4.31. The Morgan fingerprint density at radius 2 is 2.08 bits per heavy atom. The zero-order chi connectivity index (χ0) is 17.6. The summed E-state index contributed by atoms with van der Waals surface area (Å²) in [6.45, 7) is 1.08. The van der Waals surface area contributed by atoms with Gasteiger partial charge in [-0.2, -0.15) is 13.2 Å². The van der Waals surface area contributed by atoms with Crippen LogP contribution in [0, 0.1) is 5.92 Å². The van der Waals surface area contributed by atoms with E-state index in [1.165, 1.54) is 0 Å². The number of rotatable bonds is 7. The highest BCUT2D eigenvalue weighted by Crippen LogP contribution is 2.33. The lowest BCUT2D eigenvalue weighted by atomic mass is 9.97. The van der Waals surface area contributed by atoms with Crippen LogP contribution < -0.4 is 4.74 Å². The Hall–Kier alpha value is -1.31. The van der Waals surface area contributed by atoms with Crippen molar-refractivity contribution in [1.29, 1.82) is 0 Å². The van der Waals surface area contributed by atoms with E-state index in [9.17, 15) is 18.3 Å². The van der Waals surface area contributed by atoms with Gasteiger partial charge in [-0.05, 0) is 25.5 Å². The van der Waals surface area contributed by atoms with Gasteiger partial charge < -0.3 is 19.5 Å². The van der Waals surface area contributed by atoms with E-state index in [4.69, 9.17) is 9.47 Å². The summed E-state index contributed by atoms with van der Waals surface area (Å²) >= 11 is 0. The summed E-state index contributed by atoms with van der Waals surface area (Å²) in [5.74, 6) is -0.594. The maximum atomic E-state index is 12.8. The summed E-state index contributed by atoms with van der Waals surface area (Å²) in [7, 11) is 1.57. The Kier molecular flexibility index (Phi) is 6.89. The second kappa shape index (κ2) is 8.69. The number of hydrogen-bond donors (Lipinski definition) is 1. The van der Waals surface area contributed by atoms with E-state index in [-0.39, 0.29) is 32.7 Å². The van der Waals surface area contributed by atoms with Crippen LogP contribution in [0.25, 0.3) is 0 Å². The minimum absolute atomic E-state index is 0.0485. The van der Waals surface area contributed by atoms with E-state index >= 15 is 0 Å². The molecule has 0 radical (unpaired) electrons. The second-order valence-corrected chi connectivity index (χ2v) is 6.12. The van der Waals surface area contributed by atoms with E-state index in [0.29, 0.717) is 18.7 Å². The maximum Gasteiger partial charge on any atom is 0.393 e. The zero-order valence-corrected chi connectivity index (χ0v) is 13.8. The molecule has 1 heterocycles. The number of methoxy groups -OCH3 is 1. The quantitative estimate of drug-likeness (QED) is 0.824. The first-order chi connectivity index (χ1) is 11.4. The molecule has 24 heavy (non-hydrogen) atoms. The number of aliphatic hydroxyl groups is 1. The summed E-state index contributed by atoms with van der Waals surface area (Å²) in [5, 5.41) is 10.0. The molecule has 7 heteroatoms. The van der Waals surface area contributed by atoms with Gasteiger partial charge in [-0.1, -0.05) is 18.2 Å². The van der Waals surface area contributed by atoms with Crippen molar-refractivity contribution in [1.82, 2.24) is 4.90 Å². The fourth-order valence-corrected chi connectivity index (χ4v) is 2.97. The molecule has 0 unspecified atom stereocenters. The highest BCUT2D eigenvalue weighted by Gasteiger charge is 2.41. The topological polar surface area (TPSA) is 41.9 Å². The molecule has 1 aromatic carbocycles. The number of benzene rings is 1. The monoisotopic (exact) mass is 347 g/mol. The number of piperidine rings is 1. The average molecular weight is 347 g/mol.